The Kier molecular flexibility index (Phi) is 2.19. The molecule has 90 valence electrons. The van der Waals surface area contributed by atoms with E-state index >= 15 is 0 Å². The fourth-order valence-corrected chi connectivity index (χ4v) is 2.49. The Bertz CT molecular complexity index is 481. The summed E-state index contributed by atoms with van der Waals surface area (Å²) in [7, 11) is 0. The molecule has 3 rings (SSSR count). The number of ether oxygens (including phenoxy) is 2. The third-order valence-corrected chi connectivity index (χ3v) is 3.23. The lowest BCUT2D eigenvalue weighted by Gasteiger charge is -2.22. The fraction of sp³-hybridized carbons (Fsp3) is 0.455. The van der Waals surface area contributed by atoms with Crippen LogP contribution in [0.2, 0.25) is 0 Å². The Morgan fingerprint density at radius 1 is 1.41 bits per heavy atom. The molecular formula is C11H11NO5. The van der Waals surface area contributed by atoms with Crippen LogP contribution in [0.1, 0.15) is 23.7 Å². The van der Waals surface area contributed by atoms with E-state index in [1.807, 2.05) is 0 Å². The number of rotatable bonds is 1. The van der Waals surface area contributed by atoms with E-state index in [1.165, 1.54) is 12.1 Å². The molecule has 6 heteroatoms. The van der Waals surface area contributed by atoms with Gasteiger partial charge in [-0.05, 0) is 11.6 Å². The molecule has 0 aromatic heterocycles. The van der Waals surface area contributed by atoms with Gasteiger partial charge in [-0.15, -0.1) is 0 Å². The van der Waals surface area contributed by atoms with Crippen LogP contribution in [0.25, 0.3) is 0 Å². The molecule has 2 aliphatic rings. The van der Waals surface area contributed by atoms with Gasteiger partial charge in [0.1, 0.15) is 0 Å². The number of aliphatic hydroxyl groups excluding tert-OH is 1. The highest BCUT2D eigenvalue weighted by molar-refractivity contribution is 5.46. The molecule has 1 N–H and O–H groups in total. The van der Waals surface area contributed by atoms with E-state index in [2.05, 4.69) is 0 Å². The smallest absolute Gasteiger partial charge is 0.269 e. The molecule has 1 spiro atoms. The molecule has 1 heterocycles. The number of hydrogen-bond donors (Lipinski definition) is 1. The van der Waals surface area contributed by atoms with Crippen LogP contribution >= 0.6 is 0 Å². The van der Waals surface area contributed by atoms with E-state index in [0.29, 0.717) is 30.8 Å². The summed E-state index contributed by atoms with van der Waals surface area (Å²) in [6.07, 6.45) is -0.480. The van der Waals surface area contributed by atoms with E-state index in [-0.39, 0.29) is 5.69 Å². The Labute approximate surface area is 96.9 Å². The van der Waals surface area contributed by atoms with Gasteiger partial charge >= 0.3 is 0 Å². The highest BCUT2D eigenvalue weighted by Crippen LogP contribution is 2.49. The minimum absolute atomic E-state index is 0.0298. The lowest BCUT2D eigenvalue weighted by molar-refractivity contribution is -0.385. The van der Waals surface area contributed by atoms with Crippen LogP contribution in [0, 0.1) is 10.1 Å². The molecule has 1 fully saturated rings. The average Bonchev–Trinajstić information content (AvgIpc) is 2.87. The number of nitrogens with zero attached hydrogens (tertiary/aromatic N) is 1. The summed E-state index contributed by atoms with van der Waals surface area (Å²) in [5, 5.41) is 20.6. The summed E-state index contributed by atoms with van der Waals surface area (Å²) in [6.45, 7) is 0.951. The minimum atomic E-state index is -0.899. The standard InChI is InChI=1S/C11H11NO5/c13-10-6-11(16-3-4-17-11)9-2-1-7(12(14)15)5-8(9)10/h1-2,5,10,13H,3-4,6H2. The second kappa shape index (κ2) is 3.49. The van der Waals surface area contributed by atoms with E-state index in [1.54, 1.807) is 6.07 Å². The molecule has 0 radical (unpaired) electrons. The Morgan fingerprint density at radius 2 is 2.12 bits per heavy atom. The van der Waals surface area contributed by atoms with Crippen molar-refractivity contribution in [3.8, 4) is 0 Å². The number of aliphatic hydroxyl groups is 1. The van der Waals surface area contributed by atoms with Crippen molar-refractivity contribution in [2.24, 2.45) is 0 Å². The molecule has 0 amide bonds. The van der Waals surface area contributed by atoms with Crippen molar-refractivity contribution in [3.63, 3.8) is 0 Å². The zero-order valence-electron chi connectivity index (χ0n) is 8.96. The zero-order chi connectivity index (χ0) is 12.0. The second-order valence-corrected chi connectivity index (χ2v) is 4.20. The summed E-state index contributed by atoms with van der Waals surface area (Å²) in [5.41, 5.74) is 1.20. The van der Waals surface area contributed by atoms with Gasteiger partial charge in [0.2, 0.25) is 0 Å². The minimum Gasteiger partial charge on any atom is -0.388 e. The molecule has 1 aromatic rings. The highest BCUT2D eigenvalue weighted by Gasteiger charge is 2.48. The van der Waals surface area contributed by atoms with Crippen molar-refractivity contribution < 1.29 is 19.5 Å². The molecular weight excluding hydrogens is 226 g/mol. The Morgan fingerprint density at radius 3 is 2.76 bits per heavy atom. The third-order valence-electron chi connectivity index (χ3n) is 3.23. The van der Waals surface area contributed by atoms with E-state index < -0.39 is 16.8 Å². The van der Waals surface area contributed by atoms with Crippen LogP contribution in [-0.2, 0) is 15.3 Å². The SMILES string of the molecule is O=[N+]([O-])c1ccc2c(c1)C(O)CC21OCCO1. The number of nitro benzene ring substituents is 1. The Balaban J connectivity index is 2.10. The summed E-state index contributed by atoms with van der Waals surface area (Å²) in [6, 6.07) is 4.40. The van der Waals surface area contributed by atoms with Crippen molar-refractivity contribution in [1.82, 2.24) is 0 Å². The monoisotopic (exact) mass is 237 g/mol. The maximum absolute atomic E-state index is 10.7. The normalized spacial score (nSPS) is 25.1. The molecule has 0 bridgehead atoms. The first-order valence-electron chi connectivity index (χ1n) is 5.37. The molecule has 1 saturated heterocycles. The van der Waals surface area contributed by atoms with Gasteiger partial charge in [-0.3, -0.25) is 10.1 Å². The van der Waals surface area contributed by atoms with Crippen LogP contribution in [0.5, 0.6) is 0 Å². The van der Waals surface area contributed by atoms with Crippen molar-refractivity contribution in [3.05, 3.63) is 39.4 Å². The zero-order valence-corrected chi connectivity index (χ0v) is 8.96. The van der Waals surface area contributed by atoms with Gasteiger partial charge in [0.25, 0.3) is 5.69 Å². The van der Waals surface area contributed by atoms with Gasteiger partial charge < -0.3 is 14.6 Å². The van der Waals surface area contributed by atoms with Crippen LogP contribution in [0.15, 0.2) is 18.2 Å². The van der Waals surface area contributed by atoms with Crippen LogP contribution in [-0.4, -0.2) is 23.2 Å². The lowest BCUT2D eigenvalue weighted by atomic mass is 10.1. The molecule has 1 atom stereocenters. The average molecular weight is 237 g/mol. The Hall–Kier alpha value is -1.50. The number of benzene rings is 1. The first-order valence-corrected chi connectivity index (χ1v) is 5.37. The number of hydrogen-bond acceptors (Lipinski definition) is 5. The molecule has 1 aromatic carbocycles. The maximum atomic E-state index is 10.7. The van der Waals surface area contributed by atoms with Gasteiger partial charge in [0.05, 0.1) is 24.2 Å². The lowest BCUT2D eigenvalue weighted by Crippen LogP contribution is -2.23. The van der Waals surface area contributed by atoms with Gasteiger partial charge in [0, 0.05) is 24.1 Å². The van der Waals surface area contributed by atoms with Crippen LogP contribution in [0.4, 0.5) is 5.69 Å². The number of fused-ring (bicyclic) bond motifs is 2. The van der Waals surface area contributed by atoms with E-state index in [4.69, 9.17) is 9.47 Å². The first-order chi connectivity index (χ1) is 8.12. The van der Waals surface area contributed by atoms with Crippen LogP contribution < -0.4 is 0 Å². The molecule has 1 aliphatic carbocycles. The predicted molar refractivity (Wildman–Crippen MR) is 56.3 cm³/mol. The van der Waals surface area contributed by atoms with E-state index in [0.717, 1.165) is 0 Å². The first kappa shape index (κ1) is 10.6. The second-order valence-electron chi connectivity index (χ2n) is 4.20. The van der Waals surface area contributed by atoms with Crippen molar-refractivity contribution >= 4 is 5.69 Å². The van der Waals surface area contributed by atoms with Gasteiger partial charge in [0.15, 0.2) is 5.79 Å². The maximum Gasteiger partial charge on any atom is 0.269 e. The summed E-state index contributed by atoms with van der Waals surface area (Å²) >= 11 is 0. The highest BCUT2D eigenvalue weighted by atomic mass is 16.7. The molecule has 6 nitrogen and oxygen atoms in total. The quantitative estimate of drug-likeness (QED) is 0.586. The van der Waals surface area contributed by atoms with Gasteiger partial charge in [-0.2, -0.15) is 0 Å². The number of non-ortho nitro benzene ring substituents is 1. The molecule has 1 unspecified atom stereocenters. The van der Waals surface area contributed by atoms with Crippen molar-refractivity contribution in [2.45, 2.75) is 18.3 Å². The number of nitro groups is 1. The van der Waals surface area contributed by atoms with Gasteiger partial charge in [-0.25, -0.2) is 0 Å². The summed E-state index contributed by atoms with van der Waals surface area (Å²) in [4.78, 5) is 10.2. The molecule has 0 saturated carbocycles. The van der Waals surface area contributed by atoms with Crippen LogP contribution in [0.3, 0.4) is 0 Å². The third kappa shape index (κ3) is 1.45. The van der Waals surface area contributed by atoms with Gasteiger partial charge in [-0.1, -0.05) is 0 Å². The predicted octanol–water partition coefficient (Wildman–Crippen LogP) is 1.23. The molecule has 17 heavy (non-hydrogen) atoms. The summed E-state index contributed by atoms with van der Waals surface area (Å²) < 4.78 is 11.1. The van der Waals surface area contributed by atoms with E-state index in [9.17, 15) is 15.2 Å². The summed E-state index contributed by atoms with van der Waals surface area (Å²) in [5.74, 6) is -0.899. The van der Waals surface area contributed by atoms with Crippen molar-refractivity contribution in [2.75, 3.05) is 13.2 Å². The molecule has 1 aliphatic heterocycles. The van der Waals surface area contributed by atoms with Crippen molar-refractivity contribution in [1.29, 1.82) is 0 Å². The topological polar surface area (TPSA) is 81.8 Å². The fourth-order valence-electron chi connectivity index (χ4n) is 2.49. The largest absolute Gasteiger partial charge is 0.388 e.